The topological polar surface area (TPSA) is 41.4 Å². The fourth-order valence-corrected chi connectivity index (χ4v) is 4.22. The molecule has 0 radical (unpaired) electrons. The number of piperazine rings is 1. The zero-order valence-electron chi connectivity index (χ0n) is 17.8. The monoisotopic (exact) mass is 440 g/mol. The third kappa shape index (κ3) is 5.14. The maximum atomic E-state index is 13.3. The molecule has 5 nitrogen and oxygen atoms in total. The van der Waals surface area contributed by atoms with Crippen LogP contribution >= 0.6 is 11.6 Å². The molecule has 0 bridgehead atoms. The lowest BCUT2D eigenvalue weighted by molar-refractivity contribution is 0.0628. The van der Waals surface area contributed by atoms with Crippen LogP contribution in [0.3, 0.4) is 0 Å². The molecule has 1 amide bonds. The molecule has 0 N–H and O–H groups in total. The summed E-state index contributed by atoms with van der Waals surface area (Å²) in [5.74, 6) is -0.279. The predicted octanol–water partition coefficient (Wildman–Crippen LogP) is 4.30. The molecule has 2 heterocycles. The number of amides is 1. The van der Waals surface area contributed by atoms with E-state index in [0.717, 1.165) is 35.6 Å². The van der Waals surface area contributed by atoms with E-state index in [1.54, 1.807) is 6.07 Å². The molecule has 0 unspecified atom stereocenters. The van der Waals surface area contributed by atoms with E-state index in [4.69, 9.17) is 11.6 Å². The van der Waals surface area contributed by atoms with Crippen molar-refractivity contribution in [1.29, 1.82) is 0 Å². The number of hydrogen-bond donors (Lipinski definition) is 0. The van der Waals surface area contributed by atoms with Crippen LogP contribution in [-0.4, -0.2) is 51.7 Å². The number of carbonyl (C=O) groups excluding carboxylic acids is 1. The van der Waals surface area contributed by atoms with Crippen LogP contribution in [0.2, 0.25) is 5.02 Å². The van der Waals surface area contributed by atoms with Gasteiger partial charge in [-0.15, -0.1) is 0 Å². The average Bonchev–Trinajstić information content (AvgIpc) is 3.07. The van der Waals surface area contributed by atoms with Crippen LogP contribution in [0.25, 0.3) is 0 Å². The number of carbonyl (C=O) groups is 1. The van der Waals surface area contributed by atoms with Crippen LogP contribution in [0.4, 0.5) is 4.39 Å². The van der Waals surface area contributed by atoms with Crippen molar-refractivity contribution in [1.82, 2.24) is 19.6 Å². The van der Waals surface area contributed by atoms with Gasteiger partial charge in [0, 0.05) is 49.0 Å². The minimum absolute atomic E-state index is 0.0506. The molecular weight excluding hydrogens is 415 g/mol. The van der Waals surface area contributed by atoms with Gasteiger partial charge in [-0.1, -0.05) is 29.8 Å². The summed E-state index contributed by atoms with van der Waals surface area (Å²) in [7, 11) is 0. The second-order valence-electron chi connectivity index (χ2n) is 8.09. The standard InChI is InChI=1S/C24H26ClFN4O/c1-17-12-18(2)30(27-17)15-19-4-3-5-20(13-19)24(31)29-10-8-28(9-11-29)16-21-6-7-22(26)14-23(21)25/h3-7,12-14H,8-11,15-16H2,1-2H3. The van der Waals surface area contributed by atoms with Crippen molar-refractivity contribution >= 4 is 17.5 Å². The van der Waals surface area contributed by atoms with Gasteiger partial charge in [0.2, 0.25) is 0 Å². The first-order valence-electron chi connectivity index (χ1n) is 10.4. The highest BCUT2D eigenvalue weighted by atomic mass is 35.5. The maximum absolute atomic E-state index is 13.3. The van der Waals surface area contributed by atoms with Gasteiger partial charge in [0.05, 0.1) is 12.2 Å². The first-order valence-corrected chi connectivity index (χ1v) is 10.8. The van der Waals surface area contributed by atoms with Gasteiger partial charge < -0.3 is 4.90 Å². The Kier molecular flexibility index (Phi) is 6.39. The summed E-state index contributed by atoms with van der Waals surface area (Å²) in [6, 6.07) is 14.3. The van der Waals surface area contributed by atoms with Gasteiger partial charge in [-0.25, -0.2) is 4.39 Å². The van der Waals surface area contributed by atoms with Crippen molar-refractivity contribution in [2.75, 3.05) is 26.2 Å². The van der Waals surface area contributed by atoms with E-state index < -0.39 is 0 Å². The van der Waals surface area contributed by atoms with Crippen molar-refractivity contribution in [3.05, 3.63) is 87.4 Å². The van der Waals surface area contributed by atoms with E-state index in [0.29, 0.717) is 36.8 Å². The van der Waals surface area contributed by atoms with Crippen molar-refractivity contribution in [2.45, 2.75) is 26.9 Å². The minimum Gasteiger partial charge on any atom is -0.336 e. The highest BCUT2D eigenvalue weighted by molar-refractivity contribution is 6.31. The summed E-state index contributed by atoms with van der Waals surface area (Å²) >= 11 is 6.15. The number of aromatic nitrogens is 2. The molecule has 1 aromatic heterocycles. The third-order valence-electron chi connectivity index (χ3n) is 5.68. The largest absolute Gasteiger partial charge is 0.336 e. The molecule has 1 aliphatic heterocycles. The predicted molar refractivity (Wildman–Crippen MR) is 120 cm³/mol. The summed E-state index contributed by atoms with van der Waals surface area (Å²) in [4.78, 5) is 17.2. The molecule has 0 saturated carbocycles. The van der Waals surface area contributed by atoms with Gasteiger partial charge in [0.1, 0.15) is 5.82 Å². The summed E-state index contributed by atoms with van der Waals surface area (Å²) in [6.07, 6.45) is 0. The molecule has 0 spiro atoms. The quantitative estimate of drug-likeness (QED) is 0.594. The third-order valence-corrected chi connectivity index (χ3v) is 6.03. The summed E-state index contributed by atoms with van der Waals surface area (Å²) < 4.78 is 15.2. The number of benzene rings is 2. The fourth-order valence-electron chi connectivity index (χ4n) is 3.99. The Morgan fingerprint density at radius 3 is 2.48 bits per heavy atom. The molecule has 162 valence electrons. The molecule has 0 aliphatic carbocycles. The van der Waals surface area contributed by atoms with Gasteiger partial charge in [-0.05, 0) is 55.3 Å². The van der Waals surface area contributed by atoms with E-state index >= 15 is 0 Å². The first-order chi connectivity index (χ1) is 14.9. The molecule has 0 atom stereocenters. The van der Waals surface area contributed by atoms with Crippen molar-refractivity contribution in [3.8, 4) is 0 Å². The number of hydrogen-bond acceptors (Lipinski definition) is 3. The number of nitrogens with zero attached hydrogens (tertiary/aromatic N) is 4. The van der Waals surface area contributed by atoms with E-state index in [1.165, 1.54) is 12.1 Å². The smallest absolute Gasteiger partial charge is 0.253 e. The molecule has 2 aromatic carbocycles. The number of halogens is 2. The molecule has 1 saturated heterocycles. The lowest BCUT2D eigenvalue weighted by Gasteiger charge is -2.35. The Labute approximate surface area is 187 Å². The lowest BCUT2D eigenvalue weighted by atomic mass is 10.1. The Balaban J connectivity index is 1.37. The van der Waals surface area contributed by atoms with E-state index in [9.17, 15) is 9.18 Å². The van der Waals surface area contributed by atoms with Crippen LogP contribution in [0.1, 0.15) is 32.9 Å². The normalized spacial score (nSPS) is 14.8. The molecule has 7 heteroatoms. The molecule has 31 heavy (non-hydrogen) atoms. The molecule has 4 rings (SSSR count). The molecular formula is C24H26ClFN4O. The lowest BCUT2D eigenvalue weighted by Crippen LogP contribution is -2.48. The van der Waals surface area contributed by atoms with Crippen LogP contribution in [0.15, 0.2) is 48.5 Å². The van der Waals surface area contributed by atoms with E-state index in [-0.39, 0.29) is 11.7 Å². The Morgan fingerprint density at radius 1 is 1.03 bits per heavy atom. The highest BCUT2D eigenvalue weighted by Crippen LogP contribution is 2.20. The first kappa shape index (κ1) is 21.5. The SMILES string of the molecule is Cc1cc(C)n(Cc2cccc(C(=O)N3CCN(Cc4ccc(F)cc4Cl)CC3)c2)n1. The number of rotatable bonds is 5. The van der Waals surface area contributed by atoms with Gasteiger partial charge in [0.25, 0.3) is 5.91 Å². The average molecular weight is 441 g/mol. The van der Waals surface area contributed by atoms with Crippen LogP contribution in [0.5, 0.6) is 0 Å². The molecule has 1 aliphatic rings. The molecule has 1 fully saturated rings. The maximum Gasteiger partial charge on any atom is 0.253 e. The van der Waals surface area contributed by atoms with Crippen molar-refractivity contribution < 1.29 is 9.18 Å². The second-order valence-corrected chi connectivity index (χ2v) is 8.50. The second kappa shape index (κ2) is 9.20. The minimum atomic E-state index is -0.329. The van der Waals surface area contributed by atoms with Gasteiger partial charge in [-0.3, -0.25) is 14.4 Å². The fraction of sp³-hybridized carbons (Fsp3) is 0.333. The Morgan fingerprint density at radius 2 is 1.81 bits per heavy atom. The van der Waals surface area contributed by atoms with Crippen LogP contribution < -0.4 is 0 Å². The van der Waals surface area contributed by atoms with Crippen LogP contribution in [0, 0.1) is 19.7 Å². The number of aryl methyl sites for hydroxylation is 2. The van der Waals surface area contributed by atoms with Crippen molar-refractivity contribution in [2.24, 2.45) is 0 Å². The molecule has 3 aromatic rings. The summed E-state index contributed by atoms with van der Waals surface area (Å²) in [5.41, 5.74) is 4.76. The van der Waals surface area contributed by atoms with Gasteiger partial charge in [0.15, 0.2) is 0 Å². The van der Waals surface area contributed by atoms with E-state index in [2.05, 4.69) is 10.00 Å². The Bertz CT molecular complexity index is 1090. The summed E-state index contributed by atoms with van der Waals surface area (Å²) in [6.45, 7) is 8.13. The van der Waals surface area contributed by atoms with Gasteiger partial charge in [-0.2, -0.15) is 5.10 Å². The zero-order chi connectivity index (χ0) is 22.0. The van der Waals surface area contributed by atoms with Crippen molar-refractivity contribution in [3.63, 3.8) is 0 Å². The van der Waals surface area contributed by atoms with E-state index in [1.807, 2.05) is 53.8 Å². The Hall–Kier alpha value is -2.70. The highest BCUT2D eigenvalue weighted by Gasteiger charge is 2.23. The van der Waals surface area contributed by atoms with Gasteiger partial charge >= 0.3 is 0 Å². The zero-order valence-corrected chi connectivity index (χ0v) is 18.6. The van der Waals surface area contributed by atoms with Crippen LogP contribution in [-0.2, 0) is 13.1 Å². The summed E-state index contributed by atoms with van der Waals surface area (Å²) in [5, 5.41) is 4.95.